The molecule has 0 aliphatic carbocycles. The molecule has 4 amide bonds. The van der Waals surface area contributed by atoms with Crippen LogP contribution in [0.25, 0.3) is 0 Å². The van der Waals surface area contributed by atoms with Crippen molar-refractivity contribution in [2.75, 3.05) is 43.6 Å². The van der Waals surface area contributed by atoms with Crippen LogP contribution in [-0.4, -0.2) is 61.9 Å². The second-order valence-corrected chi connectivity index (χ2v) is 8.50. The molecular weight excluding hydrogens is 436 g/mol. The molecule has 0 atom stereocenters. The molecule has 1 saturated heterocycles. The van der Waals surface area contributed by atoms with Gasteiger partial charge in [0.25, 0.3) is 17.7 Å². The predicted octanol–water partition coefficient (Wildman–Crippen LogP) is 2.27. The van der Waals surface area contributed by atoms with Gasteiger partial charge in [0.05, 0.1) is 22.5 Å². The number of methoxy groups -OCH3 is 1. The van der Waals surface area contributed by atoms with Crippen LogP contribution in [0.3, 0.4) is 0 Å². The first-order valence-corrected chi connectivity index (χ1v) is 11.3. The number of nitrogens with zero attached hydrogens (tertiary/aromatic N) is 2. The van der Waals surface area contributed by atoms with Crippen LogP contribution in [-0.2, 0) is 9.53 Å². The summed E-state index contributed by atoms with van der Waals surface area (Å²) in [5.41, 5.74) is 7.76. The fraction of sp³-hybridized carbons (Fsp3) is 0.360. The fourth-order valence-corrected chi connectivity index (χ4v) is 4.46. The molecule has 2 aromatic rings. The van der Waals surface area contributed by atoms with Gasteiger partial charge in [-0.1, -0.05) is 12.1 Å². The van der Waals surface area contributed by atoms with E-state index in [4.69, 9.17) is 10.5 Å². The Morgan fingerprint density at radius 2 is 1.76 bits per heavy atom. The molecule has 34 heavy (non-hydrogen) atoms. The number of fused-ring (bicyclic) bond motifs is 1. The molecule has 0 saturated carbocycles. The van der Waals surface area contributed by atoms with Gasteiger partial charge in [-0.3, -0.25) is 24.1 Å². The van der Waals surface area contributed by atoms with E-state index in [2.05, 4.69) is 10.2 Å². The van der Waals surface area contributed by atoms with E-state index < -0.39 is 5.91 Å². The third kappa shape index (κ3) is 4.65. The van der Waals surface area contributed by atoms with E-state index in [1.165, 1.54) is 17.0 Å². The van der Waals surface area contributed by atoms with Gasteiger partial charge < -0.3 is 20.7 Å². The maximum absolute atomic E-state index is 13.1. The number of amides is 4. The number of hydrogen-bond acceptors (Lipinski definition) is 6. The molecule has 9 heteroatoms. The Kier molecular flexibility index (Phi) is 6.93. The van der Waals surface area contributed by atoms with E-state index >= 15 is 0 Å². The highest BCUT2D eigenvalue weighted by atomic mass is 16.5. The molecule has 3 N–H and O–H groups in total. The lowest BCUT2D eigenvalue weighted by Gasteiger charge is -2.33. The van der Waals surface area contributed by atoms with E-state index in [9.17, 15) is 19.2 Å². The number of carbonyl (C=O) groups excluding carboxylic acids is 4. The maximum Gasteiger partial charge on any atom is 0.261 e. The molecule has 2 aliphatic heterocycles. The van der Waals surface area contributed by atoms with Crippen LogP contribution in [0.5, 0.6) is 0 Å². The van der Waals surface area contributed by atoms with E-state index in [1.54, 1.807) is 13.2 Å². The number of carbonyl (C=O) groups is 4. The van der Waals surface area contributed by atoms with Crippen molar-refractivity contribution in [3.05, 3.63) is 59.2 Å². The lowest BCUT2D eigenvalue weighted by atomic mass is 9.96. The average Bonchev–Trinajstić information content (AvgIpc) is 3.09. The van der Waals surface area contributed by atoms with Crippen LogP contribution < -0.4 is 16.0 Å². The number of piperidine rings is 1. The van der Waals surface area contributed by atoms with Gasteiger partial charge in [-0.05, 0) is 49.6 Å². The number of hydrogen-bond donors (Lipinski definition) is 2. The molecule has 9 nitrogen and oxygen atoms in total. The van der Waals surface area contributed by atoms with Crippen molar-refractivity contribution in [2.45, 2.75) is 19.3 Å². The van der Waals surface area contributed by atoms with Crippen LogP contribution in [0.4, 0.5) is 11.4 Å². The molecule has 2 heterocycles. The molecule has 0 spiro atoms. The Balaban J connectivity index is 1.49. The van der Waals surface area contributed by atoms with E-state index in [1.807, 2.05) is 24.3 Å². The van der Waals surface area contributed by atoms with Crippen molar-refractivity contribution >= 4 is 35.0 Å². The SMILES string of the molecule is COCCCN1C(=O)c2ccc(C(=O)Nc3ccccc3N3CCC(C(N)=O)CC3)cc2C1=O. The summed E-state index contributed by atoms with van der Waals surface area (Å²) in [4.78, 5) is 53.2. The smallest absolute Gasteiger partial charge is 0.261 e. The van der Waals surface area contributed by atoms with Crippen molar-refractivity contribution in [3.63, 3.8) is 0 Å². The summed E-state index contributed by atoms with van der Waals surface area (Å²) in [6.07, 6.45) is 1.88. The number of ether oxygens (including phenoxy) is 1. The van der Waals surface area contributed by atoms with Gasteiger partial charge in [0.15, 0.2) is 0 Å². The van der Waals surface area contributed by atoms with E-state index in [-0.39, 0.29) is 35.7 Å². The number of nitrogens with two attached hydrogens (primary N) is 1. The molecule has 0 bridgehead atoms. The van der Waals surface area contributed by atoms with Gasteiger partial charge in [0.1, 0.15) is 0 Å². The summed E-state index contributed by atoms with van der Waals surface area (Å²) in [5.74, 6) is -1.53. The number of imide groups is 1. The maximum atomic E-state index is 13.1. The Hall–Kier alpha value is -3.72. The normalized spacial score (nSPS) is 16.0. The van der Waals surface area contributed by atoms with Crippen molar-refractivity contribution in [2.24, 2.45) is 11.7 Å². The minimum absolute atomic E-state index is 0.126. The lowest BCUT2D eigenvalue weighted by Crippen LogP contribution is -2.38. The first-order chi connectivity index (χ1) is 16.4. The summed E-state index contributed by atoms with van der Waals surface area (Å²) < 4.78 is 5.00. The zero-order valence-electron chi connectivity index (χ0n) is 19.1. The van der Waals surface area contributed by atoms with Crippen LogP contribution in [0, 0.1) is 5.92 Å². The van der Waals surface area contributed by atoms with E-state index in [0.29, 0.717) is 55.8 Å². The van der Waals surface area contributed by atoms with Gasteiger partial charge in [-0.25, -0.2) is 0 Å². The average molecular weight is 465 g/mol. The second-order valence-electron chi connectivity index (χ2n) is 8.50. The molecule has 2 aliphatic rings. The summed E-state index contributed by atoms with van der Waals surface area (Å²) >= 11 is 0. The number of para-hydroxylation sites is 2. The number of primary amides is 1. The molecule has 0 radical (unpaired) electrons. The Morgan fingerprint density at radius 3 is 2.47 bits per heavy atom. The quantitative estimate of drug-likeness (QED) is 0.457. The first kappa shape index (κ1) is 23.4. The fourth-order valence-electron chi connectivity index (χ4n) is 4.46. The molecule has 0 aromatic heterocycles. The van der Waals surface area contributed by atoms with Crippen LogP contribution >= 0.6 is 0 Å². The summed E-state index contributed by atoms with van der Waals surface area (Å²) in [6.45, 7) is 2.03. The molecule has 2 aromatic carbocycles. The Labute approximate surface area is 197 Å². The van der Waals surface area contributed by atoms with Crippen LogP contribution in [0.1, 0.15) is 50.3 Å². The molecule has 1 fully saturated rings. The van der Waals surface area contributed by atoms with Crippen molar-refractivity contribution in [1.29, 1.82) is 0 Å². The van der Waals surface area contributed by atoms with Gasteiger partial charge in [0, 0.05) is 44.8 Å². The highest BCUT2D eigenvalue weighted by molar-refractivity contribution is 6.22. The van der Waals surface area contributed by atoms with Crippen LogP contribution in [0.15, 0.2) is 42.5 Å². The van der Waals surface area contributed by atoms with Gasteiger partial charge in [-0.2, -0.15) is 0 Å². The summed E-state index contributed by atoms with van der Waals surface area (Å²) in [6, 6.07) is 12.0. The Morgan fingerprint density at radius 1 is 1.06 bits per heavy atom. The monoisotopic (exact) mass is 464 g/mol. The second kappa shape index (κ2) is 10.0. The zero-order chi connectivity index (χ0) is 24.2. The topological polar surface area (TPSA) is 122 Å². The third-order valence-electron chi connectivity index (χ3n) is 6.35. The molecule has 4 rings (SSSR count). The van der Waals surface area contributed by atoms with E-state index in [0.717, 1.165) is 5.69 Å². The molecular formula is C25H28N4O5. The summed E-state index contributed by atoms with van der Waals surface area (Å²) in [5, 5.41) is 2.93. The predicted molar refractivity (Wildman–Crippen MR) is 127 cm³/mol. The lowest BCUT2D eigenvalue weighted by molar-refractivity contribution is -0.122. The first-order valence-electron chi connectivity index (χ1n) is 11.3. The largest absolute Gasteiger partial charge is 0.385 e. The minimum atomic E-state index is -0.400. The third-order valence-corrected chi connectivity index (χ3v) is 6.35. The number of rotatable bonds is 8. The molecule has 0 unspecified atom stereocenters. The highest BCUT2D eigenvalue weighted by Gasteiger charge is 2.35. The number of benzene rings is 2. The minimum Gasteiger partial charge on any atom is -0.385 e. The number of nitrogens with one attached hydrogen (secondary N) is 1. The summed E-state index contributed by atoms with van der Waals surface area (Å²) in [7, 11) is 1.56. The highest BCUT2D eigenvalue weighted by Crippen LogP contribution is 2.31. The van der Waals surface area contributed by atoms with Crippen molar-refractivity contribution < 1.29 is 23.9 Å². The standard InChI is InChI=1S/C25H28N4O5/c1-34-14-4-11-29-24(32)18-8-7-17(15-19(18)25(29)33)23(31)27-20-5-2-3-6-21(20)28-12-9-16(10-13-28)22(26)30/h2-3,5-8,15-16H,4,9-14H2,1H3,(H2,26,30)(H,27,31). The van der Waals surface area contributed by atoms with Crippen LogP contribution in [0.2, 0.25) is 0 Å². The van der Waals surface area contributed by atoms with Crippen molar-refractivity contribution in [3.8, 4) is 0 Å². The van der Waals surface area contributed by atoms with Gasteiger partial charge in [-0.15, -0.1) is 0 Å². The van der Waals surface area contributed by atoms with Crippen molar-refractivity contribution in [1.82, 2.24) is 4.90 Å². The van der Waals surface area contributed by atoms with Gasteiger partial charge in [0.2, 0.25) is 5.91 Å². The zero-order valence-corrected chi connectivity index (χ0v) is 19.1. The molecule has 178 valence electrons. The van der Waals surface area contributed by atoms with Gasteiger partial charge >= 0.3 is 0 Å². The Bertz CT molecular complexity index is 1120. The number of anilines is 2.